The Morgan fingerprint density at radius 2 is 2.45 bits per heavy atom. The van der Waals surface area contributed by atoms with Crippen LogP contribution in [0.4, 0.5) is 0 Å². The Labute approximate surface area is 67.6 Å². The van der Waals surface area contributed by atoms with E-state index in [1.807, 2.05) is 0 Å². The molecule has 1 N–H and O–H groups in total. The molecule has 1 aliphatic heterocycles. The van der Waals surface area contributed by atoms with Crippen molar-refractivity contribution in [2.75, 3.05) is 26.2 Å². The molecule has 2 unspecified atom stereocenters. The largest absolute Gasteiger partial charge is 0.389 e. The van der Waals surface area contributed by atoms with Crippen LogP contribution >= 0.6 is 0 Å². The van der Waals surface area contributed by atoms with E-state index in [1.54, 1.807) is 0 Å². The number of rotatable bonds is 3. The minimum Gasteiger partial charge on any atom is -0.389 e. The van der Waals surface area contributed by atoms with Gasteiger partial charge in [0, 0.05) is 13.1 Å². The minimum absolute atomic E-state index is 0.370. The van der Waals surface area contributed by atoms with Crippen molar-refractivity contribution in [3.8, 4) is 0 Å². The zero-order chi connectivity index (χ0) is 8.27. The SMILES string of the molecule is CC1CCN(CC(O)C[O])C1. The molecule has 0 bridgehead atoms. The molecule has 1 aliphatic rings. The molecular weight excluding hydrogens is 142 g/mol. The fourth-order valence-electron chi connectivity index (χ4n) is 1.54. The zero-order valence-electron chi connectivity index (χ0n) is 6.99. The Bertz CT molecular complexity index is 119. The van der Waals surface area contributed by atoms with Crippen molar-refractivity contribution in [1.82, 2.24) is 4.90 Å². The fourth-order valence-corrected chi connectivity index (χ4v) is 1.54. The van der Waals surface area contributed by atoms with Crippen LogP contribution in [-0.4, -0.2) is 42.4 Å². The molecule has 1 rings (SSSR count). The van der Waals surface area contributed by atoms with Crippen molar-refractivity contribution in [2.24, 2.45) is 5.92 Å². The van der Waals surface area contributed by atoms with Crippen molar-refractivity contribution in [3.05, 3.63) is 0 Å². The van der Waals surface area contributed by atoms with Gasteiger partial charge in [-0.3, -0.25) is 0 Å². The first kappa shape index (κ1) is 8.97. The van der Waals surface area contributed by atoms with E-state index in [0.717, 1.165) is 19.0 Å². The van der Waals surface area contributed by atoms with Crippen molar-refractivity contribution in [3.63, 3.8) is 0 Å². The second-order valence-corrected chi connectivity index (χ2v) is 3.47. The van der Waals surface area contributed by atoms with Crippen molar-refractivity contribution in [1.29, 1.82) is 0 Å². The van der Waals surface area contributed by atoms with Crippen LogP contribution in [0.5, 0.6) is 0 Å². The van der Waals surface area contributed by atoms with E-state index in [9.17, 15) is 5.11 Å². The molecule has 3 nitrogen and oxygen atoms in total. The maximum absolute atomic E-state index is 10.2. The molecular formula is C8H16NO2. The average molecular weight is 158 g/mol. The van der Waals surface area contributed by atoms with E-state index in [1.165, 1.54) is 6.42 Å². The Kier molecular flexibility index (Phi) is 3.30. The van der Waals surface area contributed by atoms with E-state index in [0.29, 0.717) is 6.54 Å². The molecule has 3 heteroatoms. The van der Waals surface area contributed by atoms with Gasteiger partial charge < -0.3 is 10.0 Å². The van der Waals surface area contributed by atoms with Crippen molar-refractivity contribution < 1.29 is 10.2 Å². The van der Waals surface area contributed by atoms with E-state index in [2.05, 4.69) is 11.8 Å². The molecule has 0 aliphatic carbocycles. The quantitative estimate of drug-likeness (QED) is 0.634. The standard InChI is InChI=1S/C8H16NO2/c1-7-2-3-9(4-7)5-8(11)6-10/h7-8,11H,2-6H2,1H3. The smallest absolute Gasteiger partial charge is 0.109 e. The van der Waals surface area contributed by atoms with Gasteiger partial charge in [0.15, 0.2) is 0 Å². The average Bonchev–Trinajstić information content (AvgIpc) is 2.35. The van der Waals surface area contributed by atoms with Gasteiger partial charge in [0.05, 0.1) is 6.10 Å². The molecule has 0 aromatic carbocycles. The minimum atomic E-state index is -0.666. The molecule has 1 radical (unpaired) electrons. The lowest BCUT2D eigenvalue weighted by Gasteiger charge is -2.17. The third-order valence-corrected chi connectivity index (χ3v) is 2.17. The summed E-state index contributed by atoms with van der Waals surface area (Å²) in [7, 11) is 0. The lowest BCUT2D eigenvalue weighted by Crippen LogP contribution is -2.32. The number of hydrogen-bond acceptors (Lipinski definition) is 2. The van der Waals surface area contributed by atoms with Gasteiger partial charge in [0.25, 0.3) is 0 Å². The van der Waals surface area contributed by atoms with E-state index >= 15 is 0 Å². The molecule has 2 atom stereocenters. The molecule has 0 aromatic rings. The molecule has 0 amide bonds. The van der Waals surface area contributed by atoms with Crippen LogP contribution in [0.2, 0.25) is 0 Å². The van der Waals surface area contributed by atoms with Crippen LogP contribution in [-0.2, 0) is 5.11 Å². The van der Waals surface area contributed by atoms with Gasteiger partial charge in [0.2, 0.25) is 0 Å². The van der Waals surface area contributed by atoms with Gasteiger partial charge in [-0.05, 0) is 18.9 Å². The molecule has 0 saturated carbocycles. The summed E-state index contributed by atoms with van der Waals surface area (Å²) in [5.41, 5.74) is 0. The van der Waals surface area contributed by atoms with Crippen LogP contribution in [0.3, 0.4) is 0 Å². The maximum Gasteiger partial charge on any atom is 0.109 e. The first-order valence-electron chi connectivity index (χ1n) is 4.21. The van der Waals surface area contributed by atoms with E-state index in [-0.39, 0.29) is 6.61 Å². The van der Waals surface area contributed by atoms with Gasteiger partial charge >= 0.3 is 0 Å². The second-order valence-electron chi connectivity index (χ2n) is 3.47. The number of aliphatic hydroxyl groups excluding tert-OH is 1. The van der Waals surface area contributed by atoms with Crippen LogP contribution in [0, 0.1) is 5.92 Å². The summed E-state index contributed by atoms with van der Waals surface area (Å²) >= 11 is 0. The summed E-state index contributed by atoms with van der Waals surface area (Å²) in [5, 5.41) is 19.3. The lowest BCUT2D eigenvalue weighted by molar-refractivity contribution is 0.0340. The predicted molar refractivity (Wildman–Crippen MR) is 41.8 cm³/mol. The molecule has 0 spiro atoms. The molecule has 1 heterocycles. The maximum atomic E-state index is 10.2. The Hall–Kier alpha value is -0.120. The monoisotopic (exact) mass is 158 g/mol. The lowest BCUT2D eigenvalue weighted by atomic mass is 10.2. The first-order chi connectivity index (χ1) is 5.22. The van der Waals surface area contributed by atoms with E-state index in [4.69, 9.17) is 5.11 Å². The number of likely N-dealkylation sites (tertiary alicyclic amines) is 1. The van der Waals surface area contributed by atoms with Gasteiger partial charge in [-0.25, -0.2) is 5.11 Å². The molecule has 0 aromatic heterocycles. The number of nitrogens with zero attached hydrogens (tertiary/aromatic N) is 1. The third kappa shape index (κ3) is 2.77. The van der Waals surface area contributed by atoms with Gasteiger partial charge in [0.1, 0.15) is 6.61 Å². The number of aliphatic hydroxyl groups is 1. The van der Waals surface area contributed by atoms with Crippen molar-refractivity contribution >= 4 is 0 Å². The highest BCUT2D eigenvalue weighted by Gasteiger charge is 2.20. The number of β-amino-alcohol motifs (C(OH)–C–C–N with tert-alkyl or cyclic N) is 1. The summed E-state index contributed by atoms with van der Waals surface area (Å²) in [6.07, 6.45) is 0.534. The highest BCUT2D eigenvalue weighted by molar-refractivity contribution is 4.74. The van der Waals surface area contributed by atoms with Gasteiger partial charge in [-0.2, -0.15) is 0 Å². The molecule has 11 heavy (non-hydrogen) atoms. The van der Waals surface area contributed by atoms with Crippen molar-refractivity contribution in [2.45, 2.75) is 19.4 Å². The number of hydrogen-bond donors (Lipinski definition) is 1. The van der Waals surface area contributed by atoms with Crippen LogP contribution in [0.15, 0.2) is 0 Å². The predicted octanol–water partition coefficient (Wildman–Crippen LogP) is 0.120. The normalized spacial score (nSPS) is 29.2. The second kappa shape index (κ2) is 4.04. The van der Waals surface area contributed by atoms with Crippen LogP contribution in [0.25, 0.3) is 0 Å². The zero-order valence-corrected chi connectivity index (χ0v) is 6.99. The Morgan fingerprint density at radius 3 is 2.91 bits per heavy atom. The summed E-state index contributed by atoms with van der Waals surface area (Å²) in [6.45, 7) is 4.47. The fraction of sp³-hybridized carbons (Fsp3) is 1.00. The highest BCUT2D eigenvalue weighted by atomic mass is 16.3. The van der Waals surface area contributed by atoms with Crippen LogP contribution in [0.1, 0.15) is 13.3 Å². The Balaban J connectivity index is 2.17. The van der Waals surface area contributed by atoms with Gasteiger partial charge in [-0.15, -0.1) is 0 Å². The Morgan fingerprint density at radius 1 is 1.73 bits per heavy atom. The molecule has 65 valence electrons. The van der Waals surface area contributed by atoms with Crippen LogP contribution < -0.4 is 0 Å². The first-order valence-corrected chi connectivity index (χ1v) is 4.21. The summed E-state index contributed by atoms with van der Waals surface area (Å²) < 4.78 is 0. The molecule has 1 fully saturated rings. The summed E-state index contributed by atoms with van der Waals surface area (Å²) in [4.78, 5) is 2.16. The topological polar surface area (TPSA) is 43.4 Å². The molecule has 1 saturated heterocycles. The highest BCUT2D eigenvalue weighted by Crippen LogP contribution is 2.14. The third-order valence-electron chi connectivity index (χ3n) is 2.17. The summed E-state index contributed by atoms with van der Waals surface area (Å²) in [5.74, 6) is 0.730. The van der Waals surface area contributed by atoms with E-state index < -0.39 is 6.10 Å². The van der Waals surface area contributed by atoms with Gasteiger partial charge in [-0.1, -0.05) is 6.92 Å². The summed E-state index contributed by atoms with van der Waals surface area (Å²) in [6, 6.07) is 0.